The molecule has 0 aliphatic heterocycles. The molecule has 6 N–H and O–H groups in total. The van der Waals surface area contributed by atoms with Crippen LogP contribution in [0, 0.1) is 0 Å². The molecule has 37 heavy (non-hydrogen) atoms. The lowest BCUT2D eigenvalue weighted by Gasteiger charge is -2.18. The maximum Gasteiger partial charge on any atom is 0.357 e. The van der Waals surface area contributed by atoms with E-state index < -0.39 is 5.97 Å². The number of anilines is 2. The molecule has 4 rings (SSSR count). The molecular formula is C28H27N5O4. The highest BCUT2D eigenvalue weighted by atomic mass is 16.4. The smallest absolute Gasteiger partial charge is 0.357 e. The number of nitrogen functional groups attached to an aromatic ring is 1. The highest BCUT2D eigenvalue weighted by Crippen LogP contribution is 2.26. The average Bonchev–Trinajstić information content (AvgIpc) is 3.41. The predicted octanol–water partition coefficient (Wildman–Crippen LogP) is 4.16. The molecule has 0 saturated heterocycles. The molecule has 1 atom stereocenters. The number of hydrogen-bond donors (Lipinski definition) is 4. The Hall–Kier alpha value is -4.76. The first kappa shape index (κ1) is 25.3. The van der Waals surface area contributed by atoms with Crippen molar-refractivity contribution in [2.45, 2.75) is 12.3 Å². The van der Waals surface area contributed by atoms with Crippen LogP contribution in [0.5, 0.6) is 0 Å². The number of carboxylic acid groups (broad SMARTS) is 1. The number of rotatable bonds is 9. The van der Waals surface area contributed by atoms with Gasteiger partial charge in [0, 0.05) is 35.1 Å². The summed E-state index contributed by atoms with van der Waals surface area (Å²) in [4.78, 5) is 32.6. The summed E-state index contributed by atoms with van der Waals surface area (Å²) >= 11 is 0. The lowest BCUT2D eigenvalue weighted by atomic mass is 9.94. The average molecular weight is 498 g/mol. The zero-order valence-corrected chi connectivity index (χ0v) is 20.2. The highest BCUT2D eigenvalue weighted by molar-refractivity contribution is 6.16. The van der Waals surface area contributed by atoms with Crippen molar-refractivity contribution in [1.29, 1.82) is 0 Å². The van der Waals surface area contributed by atoms with Crippen LogP contribution in [0.25, 0.3) is 11.5 Å². The Balaban J connectivity index is 1.58. The van der Waals surface area contributed by atoms with Gasteiger partial charge in [0.1, 0.15) is 6.26 Å². The summed E-state index contributed by atoms with van der Waals surface area (Å²) in [5, 5.41) is 12.0. The zero-order chi connectivity index (χ0) is 26.4. The van der Waals surface area contributed by atoms with Crippen molar-refractivity contribution in [3.8, 4) is 11.5 Å². The van der Waals surface area contributed by atoms with Crippen molar-refractivity contribution in [2.75, 3.05) is 24.6 Å². The van der Waals surface area contributed by atoms with E-state index in [1.54, 1.807) is 37.4 Å². The number of hydrogen-bond acceptors (Lipinski definition) is 7. The number of aliphatic imine (C=N–C) groups is 1. The molecule has 0 spiro atoms. The Morgan fingerprint density at radius 2 is 1.81 bits per heavy atom. The lowest BCUT2D eigenvalue weighted by molar-refractivity contribution is -0.117. The Morgan fingerprint density at radius 1 is 1.08 bits per heavy atom. The van der Waals surface area contributed by atoms with E-state index in [2.05, 4.69) is 15.3 Å². The summed E-state index contributed by atoms with van der Waals surface area (Å²) in [6.07, 6.45) is 1.62. The van der Waals surface area contributed by atoms with Gasteiger partial charge in [0.2, 0.25) is 11.8 Å². The number of carbonyl (C=O) groups excluding carboxylic acids is 1. The van der Waals surface area contributed by atoms with E-state index in [9.17, 15) is 9.59 Å². The van der Waals surface area contributed by atoms with Crippen LogP contribution in [-0.2, 0) is 4.79 Å². The number of nitrogens with zero attached hydrogens (tertiary/aromatic N) is 2. The molecule has 1 aromatic heterocycles. The van der Waals surface area contributed by atoms with Gasteiger partial charge in [-0.05, 0) is 48.9 Å². The minimum atomic E-state index is -1.16. The third-order valence-electron chi connectivity index (χ3n) is 5.90. The van der Waals surface area contributed by atoms with Gasteiger partial charge in [-0.15, -0.1) is 0 Å². The minimum absolute atomic E-state index is 0.154. The lowest BCUT2D eigenvalue weighted by Crippen LogP contribution is -2.23. The third kappa shape index (κ3) is 5.74. The normalized spacial score (nSPS) is 12.2. The van der Waals surface area contributed by atoms with Crippen LogP contribution in [0.2, 0.25) is 0 Å². The molecule has 0 saturated carbocycles. The largest absolute Gasteiger partial charge is 0.476 e. The fourth-order valence-electron chi connectivity index (χ4n) is 4.05. The van der Waals surface area contributed by atoms with E-state index in [1.165, 1.54) is 0 Å². The van der Waals surface area contributed by atoms with Crippen molar-refractivity contribution in [3.05, 3.63) is 101 Å². The summed E-state index contributed by atoms with van der Waals surface area (Å²) in [5.74, 6) is -1.49. The maximum atomic E-state index is 13.1. The highest BCUT2D eigenvalue weighted by Gasteiger charge is 2.21. The van der Waals surface area contributed by atoms with E-state index in [1.807, 2.05) is 42.5 Å². The van der Waals surface area contributed by atoms with Crippen molar-refractivity contribution in [3.63, 3.8) is 0 Å². The summed E-state index contributed by atoms with van der Waals surface area (Å²) < 4.78 is 5.27. The minimum Gasteiger partial charge on any atom is -0.476 e. The van der Waals surface area contributed by atoms with Crippen LogP contribution in [0.1, 0.15) is 39.5 Å². The maximum absolute atomic E-state index is 13.1. The Bertz CT molecular complexity index is 1430. The second-order valence-corrected chi connectivity index (χ2v) is 8.32. The van der Waals surface area contributed by atoms with Gasteiger partial charge in [-0.1, -0.05) is 42.5 Å². The van der Waals surface area contributed by atoms with Gasteiger partial charge in [0.05, 0.1) is 11.6 Å². The number of carboxylic acids is 1. The van der Waals surface area contributed by atoms with Gasteiger partial charge in [0.25, 0.3) is 0 Å². The Morgan fingerprint density at radius 3 is 2.43 bits per heavy atom. The molecule has 1 heterocycles. The Kier molecular flexibility index (Phi) is 7.75. The Labute approximate surface area is 213 Å². The van der Waals surface area contributed by atoms with Crippen LogP contribution in [0.15, 0.2) is 88.5 Å². The van der Waals surface area contributed by atoms with Crippen LogP contribution in [0.3, 0.4) is 0 Å². The van der Waals surface area contributed by atoms with Gasteiger partial charge in [-0.3, -0.25) is 9.79 Å². The first-order valence-corrected chi connectivity index (χ1v) is 11.6. The van der Waals surface area contributed by atoms with Gasteiger partial charge >= 0.3 is 5.97 Å². The second-order valence-electron chi connectivity index (χ2n) is 8.32. The molecular weight excluding hydrogens is 470 g/mol. The quantitative estimate of drug-likeness (QED) is 0.200. The number of oxazole rings is 1. The van der Waals surface area contributed by atoms with Crippen molar-refractivity contribution < 1.29 is 19.1 Å². The number of aromatic nitrogens is 1. The first-order valence-electron chi connectivity index (χ1n) is 11.6. The fraction of sp³-hybridized carbons (Fsp3) is 0.143. The fourth-order valence-corrected chi connectivity index (χ4v) is 4.05. The monoisotopic (exact) mass is 497 g/mol. The summed E-state index contributed by atoms with van der Waals surface area (Å²) in [5.41, 5.74) is 16.6. The second kappa shape index (κ2) is 11.3. The number of benzene rings is 3. The van der Waals surface area contributed by atoms with E-state index in [0.29, 0.717) is 41.2 Å². The molecule has 0 fully saturated rings. The number of nitrogens with one attached hydrogen (secondary N) is 1. The van der Waals surface area contributed by atoms with Crippen molar-refractivity contribution in [2.24, 2.45) is 10.7 Å². The molecule has 1 unspecified atom stereocenters. The summed E-state index contributed by atoms with van der Waals surface area (Å²) in [6.45, 7) is 0.383. The topological polar surface area (TPSA) is 157 Å². The number of nitrogens with two attached hydrogens (primary N) is 2. The number of carbonyl (C=O) groups is 2. The molecule has 0 aliphatic carbocycles. The SMILES string of the molecule is CN=C(c1ccc(-c2nc(C(=O)O)co2)cc1)c1cc(NC(=O)C(CCN)c2ccccc2)ccc1N. The van der Waals surface area contributed by atoms with Crippen molar-refractivity contribution in [1.82, 2.24) is 4.98 Å². The van der Waals surface area contributed by atoms with Gasteiger partial charge in [-0.2, -0.15) is 0 Å². The number of aromatic carboxylic acids is 1. The molecule has 3 aromatic carbocycles. The third-order valence-corrected chi connectivity index (χ3v) is 5.90. The van der Waals surface area contributed by atoms with E-state index in [-0.39, 0.29) is 23.4 Å². The molecule has 1 amide bonds. The van der Waals surface area contributed by atoms with Crippen LogP contribution >= 0.6 is 0 Å². The molecule has 188 valence electrons. The van der Waals surface area contributed by atoms with E-state index in [0.717, 1.165) is 17.4 Å². The number of amides is 1. The van der Waals surface area contributed by atoms with Crippen molar-refractivity contribution >= 4 is 29.0 Å². The molecule has 0 bridgehead atoms. The van der Waals surface area contributed by atoms with Gasteiger partial charge < -0.3 is 26.3 Å². The van der Waals surface area contributed by atoms with E-state index in [4.69, 9.17) is 21.0 Å². The van der Waals surface area contributed by atoms with Gasteiger partial charge in [0.15, 0.2) is 5.69 Å². The first-order chi connectivity index (χ1) is 17.9. The van der Waals surface area contributed by atoms with Crippen LogP contribution < -0.4 is 16.8 Å². The predicted molar refractivity (Wildman–Crippen MR) is 143 cm³/mol. The van der Waals surface area contributed by atoms with Crippen LogP contribution in [-0.4, -0.2) is 41.3 Å². The zero-order valence-electron chi connectivity index (χ0n) is 20.2. The summed E-state index contributed by atoms with van der Waals surface area (Å²) in [6, 6.07) is 22.0. The standard InChI is InChI=1S/C28H27N5O4/c1-31-25(18-7-9-19(10-8-18)27-33-24(16-37-27)28(35)36)22-15-20(11-12-23(22)30)32-26(34)21(13-14-29)17-5-3-2-4-6-17/h2-12,15-16,21H,13-14,29-30H2,1H3,(H,32,34)(H,35,36). The molecule has 0 radical (unpaired) electrons. The molecule has 9 heteroatoms. The van der Waals surface area contributed by atoms with E-state index >= 15 is 0 Å². The van der Waals surface area contributed by atoms with Crippen LogP contribution in [0.4, 0.5) is 11.4 Å². The summed E-state index contributed by atoms with van der Waals surface area (Å²) in [7, 11) is 1.66. The molecule has 4 aromatic rings. The van der Waals surface area contributed by atoms with Gasteiger partial charge in [-0.25, -0.2) is 9.78 Å². The molecule has 9 nitrogen and oxygen atoms in total. The molecule has 0 aliphatic rings.